The molecule has 1 atom stereocenters. The third kappa shape index (κ3) is 4.59. The van der Waals surface area contributed by atoms with Crippen LogP contribution in [0.25, 0.3) is 27.6 Å². The van der Waals surface area contributed by atoms with Crippen LogP contribution in [-0.4, -0.2) is 41.2 Å². The van der Waals surface area contributed by atoms with Crippen molar-refractivity contribution in [3.05, 3.63) is 100 Å². The Hall–Kier alpha value is -4.63. The fourth-order valence-electron chi connectivity index (χ4n) is 4.46. The second-order valence-corrected chi connectivity index (χ2v) is 9.35. The van der Waals surface area contributed by atoms with E-state index >= 15 is 0 Å². The third-order valence-electron chi connectivity index (χ3n) is 6.25. The van der Waals surface area contributed by atoms with Gasteiger partial charge in [-0.2, -0.15) is 0 Å². The Kier molecular flexibility index (Phi) is 7.10. The molecule has 38 heavy (non-hydrogen) atoms. The van der Waals surface area contributed by atoms with Gasteiger partial charge in [-0.15, -0.1) is 11.3 Å². The van der Waals surface area contributed by atoms with E-state index in [1.54, 1.807) is 29.6 Å². The lowest BCUT2D eigenvalue weighted by Gasteiger charge is -2.19. The number of nitrogens with one attached hydrogen (secondary N) is 1. The molecule has 0 bridgehead atoms. The van der Waals surface area contributed by atoms with Crippen molar-refractivity contribution in [2.75, 3.05) is 19.5 Å². The molecule has 0 aliphatic rings. The number of rotatable bonds is 7. The lowest BCUT2D eigenvalue weighted by molar-refractivity contribution is 0.413. The molecular weight excluding hydrogens is 496 g/mol. The molecule has 190 valence electrons. The maximum Gasteiger partial charge on any atom is 0.263 e. The average Bonchev–Trinajstić information content (AvgIpc) is 3.44. The molecule has 5 aromatic rings. The fourth-order valence-corrected chi connectivity index (χ4v) is 5.10. The predicted molar refractivity (Wildman–Crippen MR) is 155 cm³/mol. The van der Waals surface area contributed by atoms with Crippen LogP contribution in [0.15, 0.2) is 93.3 Å². The molecule has 8 nitrogen and oxygen atoms in total. The second kappa shape index (κ2) is 10.8. The summed E-state index contributed by atoms with van der Waals surface area (Å²) < 4.78 is 7.09. The highest BCUT2D eigenvalue weighted by atomic mass is 32.1. The van der Waals surface area contributed by atoms with Gasteiger partial charge in [-0.25, -0.2) is 9.98 Å². The van der Waals surface area contributed by atoms with Crippen LogP contribution in [0.1, 0.15) is 24.4 Å². The van der Waals surface area contributed by atoms with Crippen molar-refractivity contribution < 1.29 is 4.74 Å². The number of fused-ring (bicyclic) bond motifs is 1. The van der Waals surface area contributed by atoms with Gasteiger partial charge in [0.15, 0.2) is 5.84 Å². The Bertz CT molecular complexity index is 1710. The zero-order valence-electron chi connectivity index (χ0n) is 21.3. The summed E-state index contributed by atoms with van der Waals surface area (Å²) >= 11 is 1.46. The van der Waals surface area contributed by atoms with Gasteiger partial charge in [0, 0.05) is 24.5 Å². The molecule has 3 heterocycles. The first kappa shape index (κ1) is 25.0. The number of thiazole rings is 1. The van der Waals surface area contributed by atoms with E-state index in [9.17, 15) is 4.79 Å². The molecule has 0 amide bonds. The van der Waals surface area contributed by atoms with Gasteiger partial charge in [-0.1, -0.05) is 36.4 Å². The summed E-state index contributed by atoms with van der Waals surface area (Å²) in [5, 5.41) is 5.36. The zero-order chi connectivity index (χ0) is 26.6. The van der Waals surface area contributed by atoms with E-state index in [0.717, 1.165) is 32.9 Å². The first-order valence-corrected chi connectivity index (χ1v) is 12.8. The molecular formula is C29H26N6O2S. The topological polar surface area (TPSA) is 93.8 Å². The molecule has 5 rings (SSSR count). The predicted octanol–water partition coefficient (Wildman–Crippen LogP) is 5.77. The number of ether oxygens (including phenoxy) is 1. The van der Waals surface area contributed by atoms with Crippen molar-refractivity contribution in [2.24, 2.45) is 9.98 Å². The van der Waals surface area contributed by atoms with Gasteiger partial charge in [0.2, 0.25) is 0 Å². The zero-order valence-corrected chi connectivity index (χ0v) is 22.1. The van der Waals surface area contributed by atoms with E-state index in [2.05, 4.69) is 27.0 Å². The number of benzene rings is 2. The van der Waals surface area contributed by atoms with Gasteiger partial charge < -0.3 is 10.1 Å². The highest BCUT2D eigenvalue weighted by molar-refractivity contribution is 7.14. The van der Waals surface area contributed by atoms with Crippen molar-refractivity contribution in [3.63, 3.8) is 0 Å². The van der Waals surface area contributed by atoms with E-state index in [4.69, 9.17) is 9.73 Å². The van der Waals surface area contributed by atoms with Crippen molar-refractivity contribution in [2.45, 2.75) is 13.0 Å². The molecule has 0 spiro atoms. The number of aliphatic imine (C=N–C) groups is 2. The quantitative estimate of drug-likeness (QED) is 0.216. The normalized spacial score (nSPS) is 12.3. The van der Waals surface area contributed by atoms with Crippen LogP contribution in [0.5, 0.6) is 5.75 Å². The molecule has 0 aliphatic heterocycles. The number of para-hydroxylation sites is 1. The van der Waals surface area contributed by atoms with Crippen LogP contribution in [0.4, 0.5) is 5.00 Å². The Morgan fingerprint density at radius 3 is 2.68 bits per heavy atom. The van der Waals surface area contributed by atoms with E-state index in [-0.39, 0.29) is 5.56 Å². The maximum atomic E-state index is 14.3. The molecule has 0 saturated carbocycles. The van der Waals surface area contributed by atoms with E-state index < -0.39 is 6.04 Å². The Balaban J connectivity index is 1.76. The van der Waals surface area contributed by atoms with Crippen molar-refractivity contribution in [3.8, 4) is 22.6 Å². The Morgan fingerprint density at radius 2 is 1.95 bits per heavy atom. The van der Waals surface area contributed by atoms with E-state index in [0.29, 0.717) is 22.7 Å². The molecule has 0 fully saturated rings. The average molecular weight is 523 g/mol. The second-order valence-electron chi connectivity index (χ2n) is 8.50. The highest BCUT2D eigenvalue weighted by Gasteiger charge is 2.20. The van der Waals surface area contributed by atoms with Gasteiger partial charge >= 0.3 is 0 Å². The lowest BCUT2D eigenvalue weighted by atomic mass is 9.98. The number of anilines is 1. The Labute approximate surface area is 224 Å². The van der Waals surface area contributed by atoms with E-state index in [1.165, 1.54) is 11.3 Å². The summed E-state index contributed by atoms with van der Waals surface area (Å²) in [6.07, 6.45) is 3.38. The molecule has 0 unspecified atom stereocenters. The van der Waals surface area contributed by atoms with Gasteiger partial charge in [0.25, 0.3) is 5.56 Å². The van der Waals surface area contributed by atoms with Crippen LogP contribution in [0.3, 0.4) is 0 Å². The van der Waals surface area contributed by atoms with Crippen LogP contribution >= 0.6 is 11.3 Å². The van der Waals surface area contributed by atoms with Gasteiger partial charge in [-0.05, 0) is 48.9 Å². The third-order valence-corrected chi connectivity index (χ3v) is 7.09. The number of amidine groups is 1. The minimum absolute atomic E-state index is 0.151. The summed E-state index contributed by atoms with van der Waals surface area (Å²) in [7, 11) is 3.42. The minimum atomic E-state index is -0.429. The first-order valence-electron chi connectivity index (χ1n) is 11.9. The molecule has 1 N–H and O–H groups in total. The maximum absolute atomic E-state index is 14.3. The van der Waals surface area contributed by atoms with Gasteiger partial charge in [0.1, 0.15) is 16.4 Å². The molecule has 0 saturated heterocycles. The summed E-state index contributed by atoms with van der Waals surface area (Å²) in [6.45, 7) is 5.65. The molecule has 3 aromatic heterocycles. The summed E-state index contributed by atoms with van der Waals surface area (Å²) in [5.41, 5.74) is 5.25. The lowest BCUT2D eigenvalue weighted by Crippen LogP contribution is -2.24. The summed E-state index contributed by atoms with van der Waals surface area (Å²) in [4.78, 5) is 32.0. The summed E-state index contributed by atoms with van der Waals surface area (Å²) in [5.74, 6) is 1.03. The van der Waals surface area contributed by atoms with Gasteiger partial charge in [-0.3, -0.25) is 19.3 Å². The number of hydrogen-bond acceptors (Lipinski definition) is 7. The van der Waals surface area contributed by atoms with E-state index in [1.807, 2.05) is 74.6 Å². The number of aromatic nitrogens is 3. The van der Waals surface area contributed by atoms with Crippen LogP contribution in [0, 0.1) is 0 Å². The van der Waals surface area contributed by atoms with Crippen LogP contribution < -0.4 is 15.6 Å². The van der Waals surface area contributed by atoms with Crippen molar-refractivity contribution in [1.82, 2.24) is 14.5 Å². The van der Waals surface area contributed by atoms with Gasteiger partial charge in [0.05, 0.1) is 35.9 Å². The number of hydrogen-bond donors (Lipinski definition) is 1. The number of methoxy groups -OCH3 is 1. The van der Waals surface area contributed by atoms with Crippen LogP contribution in [-0.2, 0) is 0 Å². The Morgan fingerprint density at radius 1 is 1.13 bits per heavy atom. The number of pyridine rings is 2. The minimum Gasteiger partial charge on any atom is -0.495 e. The van der Waals surface area contributed by atoms with Crippen molar-refractivity contribution >= 4 is 39.7 Å². The monoisotopic (exact) mass is 522 g/mol. The SMILES string of the molecule is C=NC(=N[C@@H](C)c1cc2cccc(-c3cncc(OC)c3)c2c(=O)n1-c1ccccc1)c1ncsc1NC. The molecule has 0 aliphatic carbocycles. The first-order chi connectivity index (χ1) is 18.5. The molecule has 2 aromatic carbocycles. The summed E-state index contributed by atoms with van der Waals surface area (Å²) in [6, 6.07) is 18.8. The fraction of sp³-hybridized carbons (Fsp3) is 0.138. The highest BCUT2D eigenvalue weighted by Crippen LogP contribution is 2.31. The smallest absolute Gasteiger partial charge is 0.263 e. The standard InChI is InChI=1S/C29H26N6O2S/c1-18(34-27(30-2)26-28(31-3)38-17-33-26)24-14-19-9-8-12-23(20-13-22(37-4)16-32-15-20)25(19)29(36)35(24)21-10-6-5-7-11-21/h5-18,31H,2H2,1,3-4H3/t18-/m0/s1. The van der Waals surface area contributed by atoms with Crippen LogP contribution in [0.2, 0.25) is 0 Å². The molecule has 9 heteroatoms. The molecule has 0 radical (unpaired) electrons. The largest absolute Gasteiger partial charge is 0.495 e. The van der Waals surface area contributed by atoms with Crippen molar-refractivity contribution in [1.29, 1.82) is 0 Å². The number of nitrogens with zero attached hydrogens (tertiary/aromatic N) is 5.